The first-order chi connectivity index (χ1) is 11.9. The molecule has 0 aliphatic heterocycles. The van der Waals surface area contributed by atoms with Crippen LogP contribution in [0.3, 0.4) is 0 Å². The van der Waals surface area contributed by atoms with Crippen LogP contribution in [0.2, 0.25) is 0 Å². The van der Waals surface area contributed by atoms with Crippen LogP contribution < -0.4 is 14.8 Å². The molecule has 2 aromatic rings. The van der Waals surface area contributed by atoms with E-state index in [1.165, 1.54) is 24.0 Å². The van der Waals surface area contributed by atoms with Crippen LogP contribution in [0.15, 0.2) is 30.6 Å². The van der Waals surface area contributed by atoms with Gasteiger partial charge in [0, 0.05) is 11.8 Å². The van der Waals surface area contributed by atoms with E-state index in [-0.39, 0.29) is 17.5 Å². The minimum atomic E-state index is -1.02. The van der Waals surface area contributed by atoms with Crippen molar-refractivity contribution in [1.29, 1.82) is 0 Å². The quantitative estimate of drug-likeness (QED) is 0.794. The van der Waals surface area contributed by atoms with Gasteiger partial charge in [0.1, 0.15) is 17.5 Å². The monoisotopic (exact) mass is 347 g/mol. The highest BCUT2D eigenvalue weighted by Crippen LogP contribution is 2.29. The van der Waals surface area contributed by atoms with E-state index in [0.717, 1.165) is 5.56 Å². The van der Waals surface area contributed by atoms with Crippen LogP contribution in [0.5, 0.6) is 11.5 Å². The molecule has 8 nitrogen and oxygen atoms in total. The van der Waals surface area contributed by atoms with Crippen LogP contribution in [-0.4, -0.2) is 41.0 Å². The van der Waals surface area contributed by atoms with Crippen LogP contribution in [0.4, 0.5) is 0 Å². The molecule has 0 fully saturated rings. The largest absolute Gasteiger partial charge is 0.497 e. The molecule has 0 saturated heterocycles. The number of carboxylic acids is 1. The van der Waals surface area contributed by atoms with Crippen molar-refractivity contribution in [2.75, 3.05) is 14.2 Å². The van der Waals surface area contributed by atoms with Crippen LogP contribution in [0.25, 0.3) is 0 Å². The summed E-state index contributed by atoms with van der Waals surface area (Å²) in [7, 11) is 3.12. The fraction of sp³-hybridized carbons (Fsp3) is 0.353. The summed E-state index contributed by atoms with van der Waals surface area (Å²) in [5, 5.41) is 15.8. The van der Waals surface area contributed by atoms with Crippen molar-refractivity contribution in [2.45, 2.75) is 25.9 Å². The number of aromatic nitrogens is 2. The predicted octanol–water partition coefficient (Wildman–Crippen LogP) is 2.04. The van der Waals surface area contributed by atoms with Crippen molar-refractivity contribution in [1.82, 2.24) is 15.1 Å². The molecule has 8 heteroatoms. The van der Waals surface area contributed by atoms with Gasteiger partial charge in [-0.2, -0.15) is 5.10 Å². The van der Waals surface area contributed by atoms with E-state index >= 15 is 0 Å². The molecule has 134 valence electrons. The second kappa shape index (κ2) is 7.69. The summed E-state index contributed by atoms with van der Waals surface area (Å²) in [6.45, 7) is 3.31. The summed E-state index contributed by atoms with van der Waals surface area (Å²) in [6.07, 6.45) is 2.74. The normalized spacial score (nSPS) is 13.0. The molecule has 0 bridgehead atoms. The van der Waals surface area contributed by atoms with Gasteiger partial charge in [0.15, 0.2) is 0 Å². The number of methoxy groups -OCH3 is 2. The number of benzene rings is 1. The zero-order valence-corrected chi connectivity index (χ0v) is 14.5. The average Bonchev–Trinajstić information content (AvgIpc) is 3.10. The Morgan fingerprint density at radius 2 is 1.96 bits per heavy atom. The Bertz CT molecular complexity index is 771. The Balaban J connectivity index is 2.16. The molecular formula is C17H21N3O5. The second-order valence-electron chi connectivity index (χ2n) is 5.53. The summed E-state index contributed by atoms with van der Waals surface area (Å²) < 4.78 is 11.8. The number of aliphatic carboxylic acids is 1. The van der Waals surface area contributed by atoms with Gasteiger partial charge in [0.2, 0.25) is 0 Å². The van der Waals surface area contributed by atoms with Gasteiger partial charge < -0.3 is 19.9 Å². The summed E-state index contributed by atoms with van der Waals surface area (Å²) in [6, 6.07) is 4.13. The predicted molar refractivity (Wildman–Crippen MR) is 90.0 cm³/mol. The summed E-state index contributed by atoms with van der Waals surface area (Å²) in [4.78, 5) is 23.4. The molecule has 0 aliphatic rings. The lowest BCUT2D eigenvalue weighted by molar-refractivity contribution is -0.140. The Morgan fingerprint density at radius 1 is 1.24 bits per heavy atom. The lowest BCUT2D eigenvalue weighted by Crippen LogP contribution is -2.26. The lowest BCUT2D eigenvalue weighted by atomic mass is 10.1. The van der Waals surface area contributed by atoms with Crippen molar-refractivity contribution in [3.05, 3.63) is 41.7 Å². The van der Waals surface area contributed by atoms with E-state index in [1.54, 1.807) is 32.4 Å². The number of ether oxygens (including phenoxy) is 2. The van der Waals surface area contributed by atoms with E-state index < -0.39 is 12.0 Å². The molecule has 2 atom stereocenters. The van der Waals surface area contributed by atoms with Crippen LogP contribution >= 0.6 is 0 Å². The summed E-state index contributed by atoms with van der Waals surface area (Å²) in [5.74, 6) is -0.102. The first-order valence-corrected chi connectivity index (χ1v) is 7.67. The second-order valence-corrected chi connectivity index (χ2v) is 5.53. The van der Waals surface area contributed by atoms with Gasteiger partial charge in [0.05, 0.1) is 32.0 Å². The van der Waals surface area contributed by atoms with E-state index in [9.17, 15) is 9.59 Å². The van der Waals surface area contributed by atoms with Gasteiger partial charge in [-0.15, -0.1) is 0 Å². The fourth-order valence-corrected chi connectivity index (χ4v) is 2.32. The number of hydrogen-bond donors (Lipinski definition) is 2. The minimum Gasteiger partial charge on any atom is -0.497 e. The van der Waals surface area contributed by atoms with Gasteiger partial charge in [-0.3, -0.25) is 9.48 Å². The van der Waals surface area contributed by atoms with Crippen molar-refractivity contribution in [3.63, 3.8) is 0 Å². The van der Waals surface area contributed by atoms with Crippen LogP contribution in [0, 0.1) is 0 Å². The number of carboxylic acid groups (broad SMARTS) is 1. The smallest absolute Gasteiger partial charge is 0.328 e. The molecule has 2 rings (SSSR count). The zero-order chi connectivity index (χ0) is 18.6. The number of rotatable bonds is 7. The third-order valence-corrected chi connectivity index (χ3v) is 3.87. The van der Waals surface area contributed by atoms with Gasteiger partial charge in [0.25, 0.3) is 5.91 Å². The maximum Gasteiger partial charge on any atom is 0.328 e. The first kappa shape index (κ1) is 18.3. The average molecular weight is 347 g/mol. The Labute approximate surface area is 145 Å². The van der Waals surface area contributed by atoms with E-state index in [1.807, 2.05) is 6.92 Å². The molecule has 2 N–H and O–H groups in total. The van der Waals surface area contributed by atoms with Crippen LogP contribution in [0.1, 0.15) is 41.9 Å². The molecule has 25 heavy (non-hydrogen) atoms. The lowest BCUT2D eigenvalue weighted by Gasteiger charge is -2.18. The minimum absolute atomic E-state index is 0.279. The van der Waals surface area contributed by atoms with E-state index in [0.29, 0.717) is 11.5 Å². The van der Waals surface area contributed by atoms with E-state index in [4.69, 9.17) is 14.6 Å². The Hall–Kier alpha value is -3.03. The number of carbonyl (C=O) groups is 2. The summed E-state index contributed by atoms with van der Waals surface area (Å²) >= 11 is 0. The third-order valence-electron chi connectivity index (χ3n) is 3.87. The molecule has 0 saturated carbocycles. The van der Waals surface area contributed by atoms with Gasteiger partial charge >= 0.3 is 5.97 Å². The molecule has 1 amide bonds. The number of hydrogen-bond acceptors (Lipinski definition) is 5. The highest BCUT2D eigenvalue weighted by atomic mass is 16.5. The van der Waals surface area contributed by atoms with Gasteiger partial charge in [-0.05, 0) is 32.0 Å². The fourth-order valence-electron chi connectivity index (χ4n) is 2.32. The Morgan fingerprint density at radius 3 is 2.56 bits per heavy atom. The third kappa shape index (κ3) is 4.09. The number of amides is 1. The standard InChI is InChI=1S/C17H21N3O5/c1-10(14-7-13(24-3)5-6-15(14)25-4)19-16(21)12-8-18-20(9-12)11(2)17(22)23/h5-11H,1-4H3,(H,19,21)(H,22,23). The molecule has 1 aromatic heterocycles. The van der Waals surface area contributed by atoms with Gasteiger partial charge in [-0.25, -0.2) is 4.79 Å². The molecule has 0 radical (unpaired) electrons. The van der Waals surface area contributed by atoms with E-state index in [2.05, 4.69) is 10.4 Å². The number of nitrogens with zero attached hydrogens (tertiary/aromatic N) is 2. The highest BCUT2D eigenvalue weighted by molar-refractivity contribution is 5.94. The van der Waals surface area contributed by atoms with Crippen molar-refractivity contribution < 1.29 is 24.2 Å². The van der Waals surface area contributed by atoms with Crippen LogP contribution in [-0.2, 0) is 4.79 Å². The van der Waals surface area contributed by atoms with Crippen molar-refractivity contribution in [2.24, 2.45) is 0 Å². The summed E-state index contributed by atoms with van der Waals surface area (Å²) in [5.41, 5.74) is 1.04. The molecular weight excluding hydrogens is 326 g/mol. The SMILES string of the molecule is COc1ccc(OC)c(C(C)NC(=O)c2cnn(C(C)C(=O)O)c2)c1. The molecule has 1 aromatic carbocycles. The number of carbonyl (C=O) groups excluding carboxylic acids is 1. The topological polar surface area (TPSA) is 103 Å². The number of nitrogens with one attached hydrogen (secondary N) is 1. The zero-order valence-electron chi connectivity index (χ0n) is 14.5. The molecule has 1 heterocycles. The molecule has 2 unspecified atom stereocenters. The maximum absolute atomic E-state index is 12.4. The van der Waals surface area contributed by atoms with Crippen molar-refractivity contribution in [3.8, 4) is 11.5 Å². The van der Waals surface area contributed by atoms with Gasteiger partial charge in [-0.1, -0.05) is 0 Å². The Kier molecular flexibility index (Phi) is 5.63. The first-order valence-electron chi connectivity index (χ1n) is 7.67. The highest BCUT2D eigenvalue weighted by Gasteiger charge is 2.19. The molecule has 0 aliphatic carbocycles. The molecule has 0 spiro atoms. The van der Waals surface area contributed by atoms with Crippen molar-refractivity contribution >= 4 is 11.9 Å². The maximum atomic E-state index is 12.4.